The number of aliphatic hydroxyl groups excluding tert-OH is 2. The van der Waals surface area contributed by atoms with E-state index in [1.807, 2.05) is 4.98 Å². The van der Waals surface area contributed by atoms with Crippen molar-refractivity contribution in [3.05, 3.63) is 30.6 Å². The van der Waals surface area contributed by atoms with Gasteiger partial charge in [-0.05, 0) is 22.6 Å². The van der Waals surface area contributed by atoms with E-state index < -0.39 is 41.8 Å². The van der Waals surface area contributed by atoms with Crippen molar-refractivity contribution in [2.24, 2.45) is 0 Å². The minimum atomic E-state index is -1.40. The van der Waals surface area contributed by atoms with Crippen molar-refractivity contribution in [2.75, 3.05) is 6.61 Å². The Labute approximate surface area is 131 Å². The second kappa shape index (κ2) is 6.25. The van der Waals surface area contributed by atoms with Gasteiger partial charge in [0.15, 0.2) is 6.23 Å². The maximum atomic E-state index is 11.8. The number of halogens is 1. The zero-order chi connectivity index (χ0) is 15.7. The molecule has 4 atom stereocenters. The van der Waals surface area contributed by atoms with Gasteiger partial charge < -0.3 is 19.7 Å². The molecule has 1 aliphatic rings. The summed E-state index contributed by atoms with van der Waals surface area (Å²) in [6.45, 7) is 0.948. The van der Waals surface area contributed by atoms with Crippen molar-refractivity contribution in [2.45, 2.75) is 31.5 Å². The maximum Gasteiger partial charge on any atom is 0.331 e. The van der Waals surface area contributed by atoms with Crippen molar-refractivity contribution in [1.29, 1.82) is 0 Å². The van der Waals surface area contributed by atoms with E-state index in [9.17, 15) is 24.6 Å². The van der Waals surface area contributed by atoms with Gasteiger partial charge in [-0.25, -0.2) is 4.79 Å². The third-order valence-corrected chi connectivity index (χ3v) is 3.80. The van der Waals surface area contributed by atoms with Crippen molar-refractivity contribution in [3.8, 4) is 0 Å². The van der Waals surface area contributed by atoms with Crippen LogP contribution in [-0.4, -0.2) is 50.7 Å². The Kier molecular flexibility index (Phi) is 4.81. The summed E-state index contributed by atoms with van der Waals surface area (Å²) in [5, 5.41) is 19.9. The molecule has 1 aromatic heterocycles. The maximum absolute atomic E-state index is 11.8. The molecule has 0 spiro atoms. The first-order chi connectivity index (χ1) is 9.81. The molecule has 10 heteroatoms. The van der Waals surface area contributed by atoms with E-state index in [0.717, 1.165) is 10.6 Å². The number of nitrogens with one attached hydrogen (secondary N) is 1. The Morgan fingerprint density at radius 3 is 2.71 bits per heavy atom. The van der Waals surface area contributed by atoms with E-state index in [-0.39, 0.29) is 10.3 Å². The average molecular weight is 412 g/mol. The molecule has 116 valence electrons. The predicted molar refractivity (Wildman–Crippen MR) is 76.6 cm³/mol. The molecule has 0 aromatic carbocycles. The number of aromatic nitrogens is 2. The summed E-state index contributed by atoms with van der Waals surface area (Å²) in [7, 11) is 0. The number of esters is 1. The average Bonchev–Trinajstić information content (AvgIpc) is 2.63. The van der Waals surface area contributed by atoms with Crippen molar-refractivity contribution >= 4 is 28.6 Å². The monoisotopic (exact) mass is 412 g/mol. The van der Waals surface area contributed by atoms with Crippen LogP contribution in [0.3, 0.4) is 0 Å². The number of carbonyl (C=O) groups is 1. The number of hydrogen-bond acceptors (Lipinski definition) is 7. The molecule has 0 saturated carbocycles. The Morgan fingerprint density at radius 2 is 2.14 bits per heavy atom. The second-order valence-corrected chi connectivity index (χ2v) is 5.59. The van der Waals surface area contributed by atoms with Gasteiger partial charge in [0, 0.05) is 13.0 Å². The van der Waals surface area contributed by atoms with Crippen molar-refractivity contribution < 1.29 is 24.5 Å². The first kappa shape index (κ1) is 16.1. The lowest BCUT2D eigenvalue weighted by Crippen LogP contribution is -2.39. The Bertz CT molecular complexity index is 655. The normalized spacial score (nSPS) is 28.6. The van der Waals surface area contributed by atoms with E-state index in [0.29, 0.717) is 0 Å². The van der Waals surface area contributed by atoms with Gasteiger partial charge in [0.2, 0.25) is 0 Å². The van der Waals surface area contributed by atoms with E-state index in [2.05, 4.69) is 0 Å². The third kappa shape index (κ3) is 3.33. The van der Waals surface area contributed by atoms with Crippen LogP contribution in [-0.2, 0) is 14.3 Å². The summed E-state index contributed by atoms with van der Waals surface area (Å²) in [4.78, 5) is 35.8. The first-order valence-corrected chi connectivity index (χ1v) is 7.05. The number of H-pyrrole nitrogens is 1. The topological polar surface area (TPSA) is 131 Å². The molecule has 1 saturated heterocycles. The van der Waals surface area contributed by atoms with E-state index >= 15 is 0 Å². The third-order valence-electron chi connectivity index (χ3n) is 2.97. The van der Waals surface area contributed by atoms with Gasteiger partial charge in [0.25, 0.3) is 5.56 Å². The van der Waals surface area contributed by atoms with Gasteiger partial charge in [-0.1, -0.05) is 0 Å². The van der Waals surface area contributed by atoms with Crippen LogP contribution in [0.2, 0.25) is 0 Å². The van der Waals surface area contributed by atoms with Crippen LogP contribution >= 0.6 is 22.6 Å². The zero-order valence-electron chi connectivity index (χ0n) is 10.9. The number of aromatic amines is 1. The van der Waals surface area contributed by atoms with Crippen LogP contribution < -0.4 is 11.2 Å². The van der Waals surface area contributed by atoms with Crippen LogP contribution in [0.25, 0.3) is 0 Å². The largest absolute Gasteiger partial charge is 0.463 e. The molecule has 0 radical (unpaired) electrons. The number of rotatable bonds is 3. The van der Waals surface area contributed by atoms with E-state index in [4.69, 9.17) is 9.47 Å². The van der Waals surface area contributed by atoms with Crippen LogP contribution in [0.15, 0.2) is 15.7 Å². The predicted octanol–water partition coefficient (Wildman–Crippen LogP) is -1.68. The SMILES string of the molecule is CC(=O)OCC1OC(n2c(I)cc(=O)[nH]c2=O)C(O)C1O. The number of hydrogen-bond donors (Lipinski definition) is 3. The summed E-state index contributed by atoms with van der Waals surface area (Å²) in [6, 6.07) is 1.16. The quantitative estimate of drug-likeness (QED) is 0.307. The number of nitrogens with zero attached hydrogens (tertiary/aromatic N) is 1. The van der Waals surface area contributed by atoms with Gasteiger partial charge in [-0.2, -0.15) is 0 Å². The van der Waals surface area contributed by atoms with Crippen LogP contribution in [0.4, 0.5) is 0 Å². The standard InChI is InChI=1S/C11H13IN2O7/c1-4(15)20-3-5-8(17)9(18)10(21-5)14-6(12)2-7(16)13-11(14)19/h2,5,8-10,17-18H,3H2,1H3,(H,13,16,19). The molecule has 9 nitrogen and oxygen atoms in total. The molecule has 3 N–H and O–H groups in total. The van der Waals surface area contributed by atoms with E-state index in [1.54, 1.807) is 22.6 Å². The molecular formula is C11H13IN2O7. The highest BCUT2D eigenvalue weighted by atomic mass is 127. The Hall–Kier alpha value is -1.24. The highest BCUT2D eigenvalue weighted by Gasteiger charge is 2.45. The lowest BCUT2D eigenvalue weighted by Gasteiger charge is -2.18. The molecule has 2 heterocycles. The Balaban J connectivity index is 2.28. The molecule has 1 aromatic rings. The van der Waals surface area contributed by atoms with Crippen molar-refractivity contribution in [1.82, 2.24) is 9.55 Å². The highest BCUT2D eigenvalue weighted by Crippen LogP contribution is 2.29. The molecule has 0 bridgehead atoms. The lowest BCUT2D eigenvalue weighted by molar-refractivity contribution is -0.147. The molecule has 4 unspecified atom stereocenters. The number of aliphatic hydroxyl groups is 2. The minimum Gasteiger partial charge on any atom is -0.463 e. The summed E-state index contributed by atoms with van der Waals surface area (Å²) < 4.78 is 11.4. The van der Waals surface area contributed by atoms with Crippen LogP contribution in [0.5, 0.6) is 0 Å². The molecule has 1 aliphatic heterocycles. The Morgan fingerprint density at radius 1 is 1.48 bits per heavy atom. The second-order valence-electron chi connectivity index (χ2n) is 4.48. The summed E-state index contributed by atoms with van der Waals surface area (Å²) >= 11 is 1.74. The fourth-order valence-corrected chi connectivity index (χ4v) is 2.77. The van der Waals surface area contributed by atoms with E-state index in [1.165, 1.54) is 6.92 Å². The van der Waals surface area contributed by atoms with Gasteiger partial charge in [0.1, 0.15) is 24.9 Å². The smallest absolute Gasteiger partial charge is 0.331 e. The molecular weight excluding hydrogens is 399 g/mol. The summed E-state index contributed by atoms with van der Waals surface area (Å²) in [5.41, 5.74) is -1.35. The van der Waals surface area contributed by atoms with Crippen LogP contribution in [0.1, 0.15) is 13.2 Å². The van der Waals surface area contributed by atoms with Gasteiger partial charge in [-0.3, -0.25) is 19.1 Å². The zero-order valence-corrected chi connectivity index (χ0v) is 13.0. The fourth-order valence-electron chi connectivity index (χ4n) is 1.99. The minimum absolute atomic E-state index is 0.241. The molecule has 2 rings (SSSR count). The van der Waals surface area contributed by atoms with Gasteiger partial charge in [-0.15, -0.1) is 0 Å². The molecule has 21 heavy (non-hydrogen) atoms. The van der Waals surface area contributed by atoms with Crippen LogP contribution in [0, 0.1) is 3.70 Å². The summed E-state index contributed by atoms with van der Waals surface area (Å²) in [6.07, 6.45) is -4.88. The highest BCUT2D eigenvalue weighted by molar-refractivity contribution is 14.1. The number of carbonyl (C=O) groups excluding carboxylic acids is 1. The first-order valence-electron chi connectivity index (χ1n) is 5.97. The lowest BCUT2D eigenvalue weighted by atomic mass is 10.1. The molecule has 0 amide bonds. The number of ether oxygens (including phenoxy) is 2. The summed E-state index contributed by atoms with van der Waals surface area (Å²) in [5.74, 6) is -0.556. The fraction of sp³-hybridized carbons (Fsp3) is 0.545. The molecule has 1 fully saturated rings. The van der Waals surface area contributed by atoms with Gasteiger partial charge in [0.05, 0.1) is 3.70 Å². The van der Waals surface area contributed by atoms with Crippen molar-refractivity contribution in [3.63, 3.8) is 0 Å². The molecule has 0 aliphatic carbocycles. The van der Waals surface area contributed by atoms with Gasteiger partial charge >= 0.3 is 11.7 Å².